The van der Waals surface area contributed by atoms with Gasteiger partial charge in [-0.3, -0.25) is 14.2 Å². The number of hydrogen-bond donors (Lipinski definition) is 0. The number of nitrogens with zero attached hydrogens (tertiary/aromatic N) is 2. The summed E-state index contributed by atoms with van der Waals surface area (Å²) in [6.45, 7) is 7.36. The zero-order valence-corrected chi connectivity index (χ0v) is 40.6. The highest BCUT2D eigenvalue weighted by atomic mass is 36.0. The molecule has 0 saturated carbocycles. The molecular weight excluding hydrogens is 906 g/mol. The van der Waals surface area contributed by atoms with Crippen LogP contribution in [0.3, 0.4) is 0 Å². The number of halogens is 3. The van der Waals surface area contributed by atoms with Crippen molar-refractivity contribution in [3.05, 3.63) is 132 Å². The van der Waals surface area contributed by atoms with Gasteiger partial charge in [0.1, 0.15) is 23.0 Å². The van der Waals surface area contributed by atoms with Crippen LogP contribution in [0.1, 0.15) is 46.2 Å². The minimum atomic E-state index is -3.22. The van der Waals surface area contributed by atoms with Gasteiger partial charge in [0.25, 0.3) is 0 Å². The van der Waals surface area contributed by atoms with Crippen LogP contribution in [0.2, 0.25) is 0 Å². The van der Waals surface area contributed by atoms with Gasteiger partial charge in [0.15, 0.2) is 0 Å². The first kappa shape index (κ1) is 55.8. The van der Waals surface area contributed by atoms with Crippen LogP contribution in [0.4, 0.5) is 11.4 Å². The maximum Gasteiger partial charge on any atom is 0.339 e. The number of ether oxygens (including phenoxy) is 4. The van der Waals surface area contributed by atoms with Gasteiger partial charge in [0, 0.05) is 48.8 Å². The molecular formula is C47H58Cl3N2O7PS2. The molecule has 0 bridgehead atoms. The highest BCUT2D eigenvalue weighted by Gasteiger charge is 2.23. The Morgan fingerprint density at radius 3 is 1.08 bits per heavy atom. The fourth-order valence-electron chi connectivity index (χ4n) is 7.10. The normalized spacial score (nSPS) is 11.3. The molecule has 2 atom stereocenters. The number of rotatable bonds is 12. The molecule has 336 valence electrons. The Bertz CT molecular complexity index is 2200. The lowest BCUT2D eigenvalue weighted by molar-refractivity contribution is -0.117. The van der Waals surface area contributed by atoms with Gasteiger partial charge in [-0.1, -0.05) is 80.2 Å². The Kier molecular flexibility index (Phi) is 23.8. The van der Waals surface area contributed by atoms with E-state index in [0.717, 1.165) is 67.0 Å². The molecule has 6 aromatic rings. The van der Waals surface area contributed by atoms with E-state index < -0.39 is 5.20 Å². The maximum absolute atomic E-state index is 12.5. The molecule has 0 heterocycles. The summed E-state index contributed by atoms with van der Waals surface area (Å²) in [7, 11) is 6.56. The van der Waals surface area contributed by atoms with Gasteiger partial charge < -0.3 is 28.7 Å². The monoisotopic (exact) mass is 962 g/mol. The third kappa shape index (κ3) is 16.2. The smallest absolute Gasteiger partial charge is 0.339 e. The van der Waals surface area contributed by atoms with Crippen molar-refractivity contribution in [1.29, 1.82) is 0 Å². The predicted molar refractivity (Wildman–Crippen MR) is 272 cm³/mol. The molecule has 0 aromatic heterocycles. The van der Waals surface area contributed by atoms with E-state index in [1.54, 1.807) is 42.3 Å². The van der Waals surface area contributed by atoms with Crippen molar-refractivity contribution in [2.75, 3.05) is 38.2 Å². The molecule has 15 heteroatoms. The van der Waals surface area contributed by atoms with Gasteiger partial charge in [-0.05, 0) is 119 Å². The number of hydrogen-bond acceptors (Lipinski definition) is 7. The Hall–Kier alpha value is -4.22. The van der Waals surface area contributed by atoms with Crippen LogP contribution in [0.5, 0.6) is 23.0 Å². The number of methoxy groups -OCH3 is 4. The second kappa shape index (κ2) is 26.4. The Morgan fingerprint density at radius 1 is 0.532 bits per heavy atom. The minimum Gasteiger partial charge on any atom is -0.497 e. The first-order valence-electron chi connectivity index (χ1n) is 18.7. The van der Waals surface area contributed by atoms with E-state index in [4.69, 9.17) is 18.9 Å². The molecule has 0 N–H and O–H groups in total. The Balaban J connectivity index is 0.000000535. The van der Waals surface area contributed by atoms with Crippen molar-refractivity contribution in [1.82, 2.24) is 0 Å². The standard InChI is InChI=1S/2C23H25NO3.CH4.Cl3OP.2H2S/c2*1-16(12-18-13-20(26-3)15-21(14-18)27-4)24(17(2)25)23-11-7-9-19-8-5-6-10-22(19)23;;1-5(2,3)4;;/h2*5-11,13-16H,12H2,1-4H3;1H4;;2*1H2/t2*16-;;;;/m00..../s1. The van der Waals surface area contributed by atoms with E-state index in [1.165, 1.54) is 0 Å². The summed E-state index contributed by atoms with van der Waals surface area (Å²) in [6.07, 6.45) is 1.38. The summed E-state index contributed by atoms with van der Waals surface area (Å²) in [5.74, 6) is 3.03. The molecule has 0 fully saturated rings. The van der Waals surface area contributed by atoms with E-state index in [1.807, 2.05) is 94.7 Å². The second-order valence-corrected chi connectivity index (χ2v) is 20.4. The van der Waals surface area contributed by atoms with Crippen LogP contribution >= 0.6 is 65.9 Å². The quantitative estimate of drug-likeness (QED) is 0.113. The van der Waals surface area contributed by atoms with E-state index in [9.17, 15) is 14.2 Å². The Labute approximate surface area is 395 Å². The average molecular weight is 964 g/mol. The van der Waals surface area contributed by atoms with E-state index >= 15 is 0 Å². The third-order valence-corrected chi connectivity index (χ3v) is 9.50. The fourth-order valence-corrected chi connectivity index (χ4v) is 7.10. The number of anilines is 2. The van der Waals surface area contributed by atoms with Crippen molar-refractivity contribution in [2.24, 2.45) is 0 Å². The molecule has 9 nitrogen and oxygen atoms in total. The summed E-state index contributed by atoms with van der Waals surface area (Å²) in [5, 5.41) is 1.17. The molecule has 0 aliphatic heterocycles. The van der Waals surface area contributed by atoms with E-state index in [-0.39, 0.29) is 58.3 Å². The summed E-state index contributed by atoms with van der Waals surface area (Å²) in [4.78, 5) is 28.8. The van der Waals surface area contributed by atoms with Crippen molar-refractivity contribution in [3.63, 3.8) is 0 Å². The molecule has 62 heavy (non-hydrogen) atoms. The van der Waals surface area contributed by atoms with Crippen molar-refractivity contribution in [2.45, 2.75) is 60.0 Å². The SMILES string of the molecule is C.COc1cc(C[C@H](C)N(C(C)=O)c2cccc3ccccc23)cc(OC)c1.COc1cc(C[C@H](C)N(C(C)=O)c2cccc3ccccc23)cc(OC)c1.O=P(Cl)(Cl)Cl.S.S. The van der Waals surface area contributed by atoms with Gasteiger partial charge >= 0.3 is 5.20 Å². The molecule has 0 saturated heterocycles. The molecule has 0 aliphatic rings. The Morgan fingerprint density at radius 2 is 0.806 bits per heavy atom. The summed E-state index contributed by atoms with van der Waals surface area (Å²) >= 11 is 13.8. The average Bonchev–Trinajstić information content (AvgIpc) is 3.20. The summed E-state index contributed by atoms with van der Waals surface area (Å²) in [6, 6.07) is 40.0. The minimum absolute atomic E-state index is 0. The maximum atomic E-state index is 12.5. The van der Waals surface area contributed by atoms with Gasteiger partial charge in [-0.2, -0.15) is 27.0 Å². The second-order valence-electron chi connectivity index (χ2n) is 13.7. The van der Waals surface area contributed by atoms with Gasteiger partial charge in [-0.25, -0.2) is 0 Å². The number of amides is 2. The van der Waals surface area contributed by atoms with Crippen molar-refractivity contribution in [3.8, 4) is 23.0 Å². The van der Waals surface area contributed by atoms with Crippen LogP contribution in [0, 0.1) is 0 Å². The highest BCUT2D eigenvalue weighted by Crippen LogP contribution is 2.61. The highest BCUT2D eigenvalue weighted by molar-refractivity contribution is 8.24. The van der Waals surface area contributed by atoms with Gasteiger partial charge in [0.05, 0.1) is 39.8 Å². The first-order chi connectivity index (χ1) is 28.1. The molecule has 0 radical (unpaired) electrons. The van der Waals surface area contributed by atoms with Crippen LogP contribution < -0.4 is 28.7 Å². The third-order valence-electron chi connectivity index (χ3n) is 9.50. The van der Waals surface area contributed by atoms with Crippen LogP contribution in [-0.2, 0) is 27.0 Å². The summed E-state index contributed by atoms with van der Waals surface area (Å²) < 4.78 is 31.0. The predicted octanol–water partition coefficient (Wildman–Crippen LogP) is 13.4. The van der Waals surface area contributed by atoms with Gasteiger partial charge in [-0.15, -0.1) is 0 Å². The van der Waals surface area contributed by atoms with Gasteiger partial charge in [0.2, 0.25) is 11.8 Å². The number of fused-ring (bicyclic) bond motifs is 2. The van der Waals surface area contributed by atoms with Crippen molar-refractivity contribution >= 4 is 111 Å². The van der Waals surface area contributed by atoms with Crippen LogP contribution in [0.25, 0.3) is 21.5 Å². The number of benzene rings is 6. The van der Waals surface area contributed by atoms with Crippen LogP contribution in [-0.4, -0.2) is 52.3 Å². The fraction of sp³-hybridized carbons (Fsp3) is 0.277. The summed E-state index contributed by atoms with van der Waals surface area (Å²) in [5.41, 5.74) is 3.99. The first-order valence-corrected chi connectivity index (χ1v) is 23.2. The topological polar surface area (TPSA) is 94.6 Å². The molecule has 0 unspecified atom stereocenters. The lowest BCUT2D eigenvalue weighted by Crippen LogP contribution is -2.38. The zero-order chi connectivity index (χ0) is 43.3. The van der Waals surface area contributed by atoms with E-state index in [0.29, 0.717) is 12.8 Å². The molecule has 0 spiro atoms. The van der Waals surface area contributed by atoms with Crippen LogP contribution in [0.15, 0.2) is 121 Å². The van der Waals surface area contributed by atoms with E-state index in [2.05, 4.69) is 84.0 Å². The number of carbonyl (C=O) groups is 2. The number of carbonyl (C=O) groups excluding carboxylic acids is 2. The molecule has 0 aliphatic carbocycles. The lowest BCUT2D eigenvalue weighted by atomic mass is 10.0. The molecule has 6 aromatic carbocycles. The van der Waals surface area contributed by atoms with Crippen molar-refractivity contribution < 1.29 is 33.1 Å². The molecule has 2 amide bonds. The largest absolute Gasteiger partial charge is 0.497 e. The zero-order valence-electron chi connectivity index (χ0n) is 35.4. The lowest BCUT2D eigenvalue weighted by Gasteiger charge is -2.30. The molecule has 6 rings (SSSR count).